The molecule has 128 valence electrons. The van der Waals surface area contributed by atoms with Crippen LogP contribution in [-0.4, -0.2) is 45.8 Å². The fraction of sp³-hybridized carbons (Fsp3) is 0.368. The van der Waals surface area contributed by atoms with Crippen molar-refractivity contribution in [1.82, 2.24) is 20.2 Å². The van der Waals surface area contributed by atoms with Crippen LogP contribution in [0.3, 0.4) is 0 Å². The van der Waals surface area contributed by atoms with E-state index in [9.17, 15) is 9.59 Å². The second kappa shape index (κ2) is 6.27. The number of hydrogen-bond donors (Lipinski definition) is 1. The SMILES string of the molecule is O=C(NC1CC12CCN(C(=O)c1ccncn1)CC2)c1ccccc1. The van der Waals surface area contributed by atoms with E-state index in [1.54, 1.807) is 12.3 Å². The number of amides is 2. The monoisotopic (exact) mass is 336 g/mol. The molecule has 0 bridgehead atoms. The van der Waals surface area contributed by atoms with Gasteiger partial charge in [-0.15, -0.1) is 0 Å². The Morgan fingerprint density at radius 1 is 1.12 bits per heavy atom. The van der Waals surface area contributed by atoms with Gasteiger partial charge in [0.05, 0.1) is 0 Å². The van der Waals surface area contributed by atoms with Gasteiger partial charge in [-0.2, -0.15) is 0 Å². The number of benzene rings is 1. The van der Waals surface area contributed by atoms with Crippen LogP contribution in [0.1, 0.15) is 40.1 Å². The number of rotatable bonds is 3. The molecular weight excluding hydrogens is 316 g/mol. The van der Waals surface area contributed by atoms with Crippen molar-refractivity contribution in [1.29, 1.82) is 0 Å². The molecule has 4 rings (SSSR count). The molecule has 6 nitrogen and oxygen atoms in total. The van der Waals surface area contributed by atoms with E-state index in [4.69, 9.17) is 0 Å². The Hall–Kier alpha value is -2.76. The van der Waals surface area contributed by atoms with Gasteiger partial charge in [0.15, 0.2) is 0 Å². The fourth-order valence-electron chi connectivity index (χ4n) is 3.67. The van der Waals surface area contributed by atoms with Crippen LogP contribution < -0.4 is 5.32 Å². The molecular formula is C19H20N4O2. The largest absolute Gasteiger partial charge is 0.349 e. The Kier molecular flexibility index (Phi) is 3.95. The van der Waals surface area contributed by atoms with Crippen molar-refractivity contribution in [2.75, 3.05) is 13.1 Å². The number of nitrogens with zero attached hydrogens (tertiary/aromatic N) is 3. The highest BCUT2D eigenvalue weighted by molar-refractivity contribution is 5.94. The van der Waals surface area contributed by atoms with Crippen LogP contribution in [0, 0.1) is 5.41 Å². The lowest BCUT2D eigenvalue weighted by molar-refractivity contribution is 0.0662. The van der Waals surface area contributed by atoms with Gasteiger partial charge in [0.1, 0.15) is 12.0 Å². The molecule has 1 aromatic heterocycles. The smallest absolute Gasteiger partial charge is 0.272 e. The number of likely N-dealkylation sites (tertiary alicyclic amines) is 1. The topological polar surface area (TPSA) is 75.2 Å². The van der Waals surface area contributed by atoms with Crippen molar-refractivity contribution in [2.45, 2.75) is 25.3 Å². The molecule has 0 radical (unpaired) electrons. The minimum absolute atomic E-state index is 0.0121. The third kappa shape index (κ3) is 3.12. The number of carbonyl (C=O) groups excluding carboxylic acids is 2. The van der Waals surface area contributed by atoms with E-state index in [0.717, 1.165) is 19.3 Å². The molecule has 25 heavy (non-hydrogen) atoms. The molecule has 1 saturated heterocycles. The molecule has 1 saturated carbocycles. The van der Waals surface area contributed by atoms with Crippen LogP contribution in [0.4, 0.5) is 0 Å². The van der Waals surface area contributed by atoms with Gasteiger partial charge in [0, 0.05) is 30.9 Å². The molecule has 1 spiro atoms. The van der Waals surface area contributed by atoms with Gasteiger partial charge in [-0.05, 0) is 42.9 Å². The van der Waals surface area contributed by atoms with Crippen molar-refractivity contribution < 1.29 is 9.59 Å². The first-order valence-electron chi connectivity index (χ1n) is 8.59. The molecule has 2 aromatic rings. The average Bonchev–Trinajstić information content (AvgIpc) is 3.34. The molecule has 2 fully saturated rings. The van der Waals surface area contributed by atoms with E-state index < -0.39 is 0 Å². The molecule has 1 N–H and O–H groups in total. The van der Waals surface area contributed by atoms with Gasteiger partial charge in [-0.3, -0.25) is 9.59 Å². The zero-order valence-corrected chi connectivity index (χ0v) is 13.9. The van der Waals surface area contributed by atoms with Crippen LogP contribution in [0.2, 0.25) is 0 Å². The molecule has 1 aromatic carbocycles. The normalized spacial score (nSPS) is 21.0. The van der Waals surface area contributed by atoms with Gasteiger partial charge in [-0.25, -0.2) is 9.97 Å². The van der Waals surface area contributed by atoms with Crippen LogP contribution in [-0.2, 0) is 0 Å². The molecule has 1 aliphatic heterocycles. The Balaban J connectivity index is 1.32. The minimum atomic E-state index is -0.0391. The maximum atomic E-state index is 12.4. The summed E-state index contributed by atoms with van der Waals surface area (Å²) in [6, 6.07) is 11.2. The first-order chi connectivity index (χ1) is 12.2. The first kappa shape index (κ1) is 15.7. The Morgan fingerprint density at radius 2 is 1.88 bits per heavy atom. The fourth-order valence-corrected chi connectivity index (χ4v) is 3.67. The van der Waals surface area contributed by atoms with E-state index in [2.05, 4.69) is 15.3 Å². The standard InChI is InChI=1S/C19H20N4O2/c24-17(14-4-2-1-3-5-14)22-16-12-19(16)7-10-23(11-8-19)18(25)15-6-9-20-13-21-15/h1-6,9,13,16H,7-8,10-12H2,(H,22,24). The maximum Gasteiger partial charge on any atom is 0.272 e. The van der Waals surface area contributed by atoms with Crippen molar-refractivity contribution in [3.05, 3.63) is 60.2 Å². The zero-order chi connectivity index (χ0) is 17.3. The number of carbonyl (C=O) groups is 2. The predicted octanol–water partition coefficient (Wildman–Crippen LogP) is 1.90. The summed E-state index contributed by atoms with van der Waals surface area (Å²) in [4.78, 5) is 34.5. The number of aromatic nitrogens is 2. The number of nitrogens with one attached hydrogen (secondary N) is 1. The highest BCUT2D eigenvalue weighted by Crippen LogP contribution is 2.54. The van der Waals surface area contributed by atoms with Crippen LogP contribution in [0.25, 0.3) is 0 Å². The van der Waals surface area contributed by atoms with Crippen LogP contribution in [0.15, 0.2) is 48.9 Å². The van der Waals surface area contributed by atoms with Crippen molar-refractivity contribution in [2.24, 2.45) is 5.41 Å². The van der Waals surface area contributed by atoms with E-state index in [0.29, 0.717) is 24.3 Å². The van der Waals surface area contributed by atoms with Crippen molar-refractivity contribution in [3.8, 4) is 0 Å². The molecule has 1 unspecified atom stereocenters. The van der Waals surface area contributed by atoms with Crippen LogP contribution in [0.5, 0.6) is 0 Å². The highest BCUT2D eigenvalue weighted by Gasteiger charge is 2.56. The minimum Gasteiger partial charge on any atom is -0.349 e. The molecule has 1 atom stereocenters. The van der Waals surface area contributed by atoms with Crippen molar-refractivity contribution in [3.63, 3.8) is 0 Å². The summed E-state index contributed by atoms with van der Waals surface area (Å²) in [6.07, 6.45) is 5.82. The van der Waals surface area contributed by atoms with Gasteiger partial charge < -0.3 is 10.2 Å². The molecule has 1 aliphatic carbocycles. The summed E-state index contributed by atoms with van der Waals surface area (Å²) in [6.45, 7) is 1.42. The van der Waals surface area contributed by atoms with Gasteiger partial charge in [-0.1, -0.05) is 18.2 Å². The number of hydrogen-bond acceptors (Lipinski definition) is 4. The Labute approximate surface area is 146 Å². The van der Waals surface area contributed by atoms with E-state index in [1.165, 1.54) is 6.33 Å². The van der Waals surface area contributed by atoms with E-state index in [-0.39, 0.29) is 23.3 Å². The van der Waals surface area contributed by atoms with Gasteiger partial charge in [0.2, 0.25) is 0 Å². The predicted molar refractivity (Wildman–Crippen MR) is 91.9 cm³/mol. The lowest BCUT2D eigenvalue weighted by atomic mass is 9.92. The summed E-state index contributed by atoms with van der Waals surface area (Å²) < 4.78 is 0. The number of piperidine rings is 1. The third-order valence-electron chi connectivity index (χ3n) is 5.38. The molecule has 2 heterocycles. The second-order valence-corrected chi connectivity index (χ2v) is 6.85. The third-order valence-corrected chi connectivity index (χ3v) is 5.38. The second-order valence-electron chi connectivity index (χ2n) is 6.85. The van der Waals surface area contributed by atoms with E-state index in [1.807, 2.05) is 35.2 Å². The molecule has 2 aliphatic rings. The molecule has 2 amide bonds. The van der Waals surface area contributed by atoms with Gasteiger partial charge in [0.25, 0.3) is 11.8 Å². The summed E-state index contributed by atoms with van der Waals surface area (Å²) >= 11 is 0. The van der Waals surface area contributed by atoms with Crippen molar-refractivity contribution >= 4 is 11.8 Å². The zero-order valence-electron chi connectivity index (χ0n) is 13.9. The van der Waals surface area contributed by atoms with Gasteiger partial charge >= 0.3 is 0 Å². The Morgan fingerprint density at radius 3 is 2.56 bits per heavy atom. The summed E-state index contributed by atoms with van der Waals surface area (Å²) in [5, 5.41) is 3.14. The lowest BCUT2D eigenvalue weighted by Gasteiger charge is -2.32. The van der Waals surface area contributed by atoms with E-state index >= 15 is 0 Å². The Bertz CT molecular complexity index is 771. The average molecular weight is 336 g/mol. The highest BCUT2D eigenvalue weighted by atomic mass is 16.2. The summed E-state index contributed by atoms with van der Waals surface area (Å²) in [5.74, 6) is -0.0512. The quantitative estimate of drug-likeness (QED) is 0.929. The van der Waals surface area contributed by atoms with Crippen LogP contribution >= 0.6 is 0 Å². The first-order valence-corrected chi connectivity index (χ1v) is 8.59. The summed E-state index contributed by atoms with van der Waals surface area (Å²) in [5.41, 5.74) is 1.30. The summed E-state index contributed by atoms with van der Waals surface area (Å²) in [7, 11) is 0. The lowest BCUT2D eigenvalue weighted by Crippen LogP contribution is -2.42. The maximum absolute atomic E-state index is 12.4. The molecule has 6 heteroatoms.